The molecular formula is C23H15ClF5N5O3. The Bertz CT molecular complexity index is 1470. The van der Waals surface area contributed by atoms with Crippen LogP contribution in [0.2, 0.25) is 5.02 Å². The SMILES string of the molecule is N#Cc1cc(Cl)cc(Oc2c(C(F)(F)F)ncn(CC3CC(c4ccc(F)cc4F)C(=O)NN3)c2=O)c1. The van der Waals surface area contributed by atoms with E-state index in [1.165, 1.54) is 6.07 Å². The molecule has 1 aliphatic rings. The van der Waals surface area contributed by atoms with Gasteiger partial charge in [-0.15, -0.1) is 0 Å². The van der Waals surface area contributed by atoms with Crippen LogP contribution in [0.5, 0.6) is 11.5 Å². The molecule has 0 spiro atoms. The van der Waals surface area contributed by atoms with Gasteiger partial charge in [-0.05, 0) is 30.7 Å². The van der Waals surface area contributed by atoms with Gasteiger partial charge in [-0.25, -0.2) is 19.2 Å². The van der Waals surface area contributed by atoms with E-state index in [4.69, 9.17) is 21.6 Å². The summed E-state index contributed by atoms with van der Waals surface area (Å²) in [5.74, 6) is -4.88. The number of hydrogen-bond acceptors (Lipinski definition) is 6. The molecule has 3 aromatic rings. The third kappa shape index (κ3) is 5.71. The minimum atomic E-state index is -5.05. The molecule has 14 heteroatoms. The Morgan fingerprint density at radius 2 is 1.95 bits per heavy atom. The molecule has 2 atom stereocenters. The number of nitriles is 1. The first kappa shape index (κ1) is 26.1. The van der Waals surface area contributed by atoms with Gasteiger partial charge in [-0.3, -0.25) is 19.6 Å². The first-order chi connectivity index (χ1) is 17.5. The second kappa shape index (κ2) is 10.2. The summed E-state index contributed by atoms with van der Waals surface area (Å²) in [4.78, 5) is 28.7. The maximum Gasteiger partial charge on any atom is 0.437 e. The molecule has 0 saturated carbocycles. The summed E-state index contributed by atoms with van der Waals surface area (Å²) in [6.07, 6.45) is -4.45. The van der Waals surface area contributed by atoms with Crippen LogP contribution in [0.3, 0.4) is 0 Å². The molecule has 1 amide bonds. The Labute approximate surface area is 210 Å². The molecule has 2 unspecified atom stereocenters. The molecular weight excluding hydrogens is 525 g/mol. The Balaban J connectivity index is 1.66. The zero-order valence-corrected chi connectivity index (χ0v) is 19.2. The van der Waals surface area contributed by atoms with Crippen LogP contribution in [-0.4, -0.2) is 21.5 Å². The molecule has 2 heterocycles. The lowest BCUT2D eigenvalue weighted by Gasteiger charge is -2.31. The van der Waals surface area contributed by atoms with Crippen molar-refractivity contribution in [3.63, 3.8) is 0 Å². The number of rotatable bonds is 5. The summed E-state index contributed by atoms with van der Waals surface area (Å²) in [6, 6.07) is 7.23. The molecule has 37 heavy (non-hydrogen) atoms. The van der Waals surface area contributed by atoms with Gasteiger partial charge in [-0.1, -0.05) is 17.7 Å². The van der Waals surface area contributed by atoms with Gasteiger partial charge in [0.2, 0.25) is 11.7 Å². The molecule has 192 valence electrons. The Morgan fingerprint density at radius 1 is 1.19 bits per heavy atom. The highest BCUT2D eigenvalue weighted by Gasteiger charge is 2.39. The number of carbonyl (C=O) groups is 1. The van der Waals surface area contributed by atoms with E-state index in [-0.39, 0.29) is 34.9 Å². The summed E-state index contributed by atoms with van der Waals surface area (Å²) in [5.41, 5.74) is 2.05. The van der Waals surface area contributed by atoms with Gasteiger partial charge in [0.05, 0.1) is 23.9 Å². The predicted molar refractivity (Wildman–Crippen MR) is 119 cm³/mol. The van der Waals surface area contributed by atoms with Crippen molar-refractivity contribution in [3.8, 4) is 17.6 Å². The van der Waals surface area contributed by atoms with Gasteiger partial charge >= 0.3 is 6.18 Å². The fraction of sp³-hybridized carbons (Fsp3) is 0.217. The summed E-state index contributed by atoms with van der Waals surface area (Å²) in [5, 5.41) is 9.06. The smallest absolute Gasteiger partial charge is 0.437 e. The van der Waals surface area contributed by atoms with Crippen LogP contribution >= 0.6 is 11.6 Å². The first-order valence-corrected chi connectivity index (χ1v) is 10.9. The molecule has 1 saturated heterocycles. The van der Waals surface area contributed by atoms with E-state index in [9.17, 15) is 31.5 Å². The van der Waals surface area contributed by atoms with E-state index < -0.39 is 52.7 Å². The van der Waals surface area contributed by atoms with Crippen LogP contribution in [0, 0.1) is 23.0 Å². The van der Waals surface area contributed by atoms with Crippen molar-refractivity contribution >= 4 is 17.5 Å². The third-order valence-corrected chi connectivity index (χ3v) is 5.69. The molecule has 1 fully saturated rings. The molecule has 0 bridgehead atoms. The Hall–Kier alpha value is -4.02. The van der Waals surface area contributed by atoms with E-state index in [1.54, 1.807) is 6.07 Å². The summed E-state index contributed by atoms with van der Waals surface area (Å²) >= 11 is 5.88. The fourth-order valence-corrected chi connectivity index (χ4v) is 4.04. The standard InChI is InChI=1S/C23H15ClF5N5O3/c24-12-3-11(8-30)4-15(5-12)37-19-20(23(27,28)29)31-10-34(22(19)36)9-14-7-17(21(35)33-32-14)16-2-1-13(25)6-18(16)26/h1-6,10,14,17,32H,7,9H2,(H,33,35). The number of hydrazine groups is 1. The van der Waals surface area contributed by atoms with Crippen LogP contribution in [0.15, 0.2) is 47.5 Å². The van der Waals surface area contributed by atoms with E-state index in [0.29, 0.717) is 12.4 Å². The van der Waals surface area contributed by atoms with Crippen LogP contribution in [0.1, 0.15) is 29.2 Å². The van der Waals surface area contributed by atoms with Gasteiger partial charge < -0.3 is 4.74 Å². The van der Waals surface area contributed by atoms with Crippen LogP contribution < -0.4 is 21.1 Å². The van der Waals surface area contributed by atoms with Gasteiger partial charge in [0.1, 0.15) is 17.4 Å². The normalized spacial score (nSPS) is 17.7. The van der Waals surface area contributed by atoms with Crippen molar-refractivity contribution in [1.29, 1.82) is 5.26 Å². The van der Waals surface area contributed by atoms with Crippen molar-refractivity contribution < 1.29 is 31.5 Å². The van der Waals surface area contributed by atoms with Gasteiger partial charge in [-0.2, -0.15) is 18.4 Å². The average molecular weight is 540 g/mol. The van der Waals surface area contributed by atoms with Crippen molar-refractivity contribution in [3.05, 3.63) is 86.6 Å². The van der Waals surface area contributed by atoms with Crippen molar-refractivity contribution in [2.45, 2.75) is 31.1 Å². The largest absolute Gasteiger partial charge is 0.449 e. The maximum absolute atomic E-state index is 14.3. The summed E-state index contributed by atoms with van der Waals surface area (Å²) in [7, 11) is 0. The van der Waals surface area contributed by atoms with Gasteiger partial charge in [0, 0.05) is 29.2 Å². The number of nitrogens with zero attached hydrogens (tertiary/aromatic N) is 3. The number of alkyl halides is 3. The Kier molecular flexibility index (Phi) is 7.15. The zero-order chi connectivity index (χ0) is 26.9. The zero-order valence-electron chi connectivity index (χ0n) is 18.4. The summed E-state index contributed by atoms with van der Waals surface area (Å²) < 4.78 is 74.4. The van der Waals surface area contributed by atoms with Crippen molar-refractivity contribution in [2.75, 3.05) is 0 Å². The number of hydrogen-bond donors (Lipinski definition) is 2. The lowest BCUT2D eigenvalue weighted by Crippen LogP contribution is -2.54. The highest BCUT2D eigenvalue weighted by atomic mass is 35.5. The van der Waals surface area contributed by atoms with Gasteiger partial charge in [0.25, 0.3) is 5.56 Å². The lowest BCUT2D eigenvalue weighted by molar-refractivity contribution is -0.142. The first-order valence-electron chi connectivity index (χ1n) is 10.5. The number of ether oxygens (including phenoxy) is 1. The van der Waals surface area contributed by atoms with Crippen molar-refractivity contribution in [2.24, 2.45) is 0 Å². The fourth-order valence-electron chi connectivity index (χ4n) is 3.82. The second-order valence-electron chi connectivity index (χ2n) is 8.05. The molecule has 8 nitrogen and oxygen atoms in total. The quantitative estimate of drug-likeness (QED) is 0.474. The highest BCUT2D eigenvalue weighted by molar-refractivity contribution is 6.30. The molecule has 0 radical (unpaired) electrons. The lowest BCUT2D eigenvalue weighted by atomic mass is 9.89. The molecule has 1 aliphatic heterocycles. The van der Waals surface area contributed by atoms with Crippen LogP contribution in [0.25, 0.3) is 0 Å². The molecule has 1 aromatic heterocycles. The molecule has 0 aliphatic carbocycles. The van der Waals surface area contributed by atoms with Gasteiger partial charge in [0.15, 0.2) is 5.69 Å². The third-order valence-electron chi connectivity index (χ3n) is 5.48. The highest BCUT2D eigenvalue weighted by Crippen LogP contribution is 2.35. The number of carbonyl (C=O) groups excluding carboxylic acids is 1. The number of halogens is 6. The van der Waals surface area contributed by atoms with Crippen LogP contribution in [0.4, 0.5) is 22.0 Å². The van der Waals surface area contributed by atoms with E-state index in [1.807, 2.05) is 0 Å². The number of amides is 1. The van der Waals surface area contributed by atoms with E-state index in [2.05, 4.69) is 15.8 Å². The number of benzene rings is 2. The number of aromatic nitrogens is 2. The minimum absolute atomic E-state index is 0.00645. The predicted octanol–water partition coefficient (Wildman–Crippen LogP) is 4.03. The van der Waals surface area contributed by atoms with Crippen LogP contribution in [-0.2, 0) is 17.5 Å². The van der Waals surface area contributed by atoms with E-state index >= 15 is 0 Å². The average Bonchev–Trinajstić information content (AvgIpc) is 2.82. The Morgan fingerprint density at radius 3 is 2.62 bits per heavy atom. The molecule has 2 N–H and O–H groups in total. The number of nitrogens with one attached hydrogen (secondary N) is 2. The second-order valence-corrected chi connectivity index (χ2v) is 8.49. The maximum atomic E-state index is 14.3. The monoisotopic (exact) mass is 539 g/mol. The molecule has 2 aromatic carbocycles. The van der Waals surface area contributed by atoms with E-state index in [0.717, 1.165) is 28.8 Å². The van der Waals surface area contributed by atoms with Crippen molar-refractivity contribution in [1.82, 2.24) is 20.4 Å². The minimum Gasteiger partial charge on any atom is -0.449 e. The molecule has 4 rings (SSSR count). The topological polar surface area (TPSA) is 109 Å². The summed E-state index contributed by atoms with van der Waals surface area (Å²) in [6.45, 7) is -0.293.